The minimum Gasteiger partial charge on any atom is -0.398 e. The van der Waals surface area contributed by atoms with Crippen LogP contribution in [0.4, 0.5) is 5.69 Å². The summed E-state index contributed by atoms with van der Waals surface area (Å²) in [4.78, 5) is 0.284. The number of hydrogen-bond donors (Lipinski definition) is 1. The molecule has 0 saturated heterocycles. The van der Waals surface area contributed by atoms with Crippen molar-refractivity contribution in [1.82, 2.24) is 0 Å². The summed E-state index contributed by atoms with van der Waals surface area (Å²) in [6, 6.07) is 5.13. The molecule has 1 rings (SSSR count). The highest BCUT2D eigenvalue weighted by atomic mass is 32.2. The molecule has 0 heterocycles. The van der Waals surface area contributed by atoms with Crippen LogP contribution in [-0.2, 0) is 9.84 Å². The number of aryl methyl sites for hydroxylation is 1. The van der Waals surface area contributed by atoms with Crippen LogP contribution in [0.25, 0.3) is 0 Å². The lowest BCUT2D eigenvalue weighted by molar-refractivity contribution is 0.584. The lowest BCUT2D eigenvalue weighted by Gasteiger charge is -2.08. The van der Waals surface area contributed by atoms with E-state index >= 15 is 0 Å². The molecule has 19 heavy (non-hydrogen) atoms. The molecule has 0 fully saturated rings. The second-order valence-corrected chi connectivity index (χ2v) is 7.21. The molecule has 2 N–H and O–H groups in total. The Labute approximate surface area is 117 Å². The summed E-state index contributed by atoms with van der Waals surface area (Å²) in [6.07, 6.45) is 6.45. The molecule has 0 aliphatic heterocycles. The van der Waals surface area contributed by atoms with Gasteiger partial charge in [-0.1, -0.05) is 45.1 Å². The summed E-state index contributed by atoms with van der Waals surface area (Å²) < 4.78 is 24.3. The van der Waals surface area contributed by atoms with Crippen LogP contribution >= 0.6 is 0 Å². The Morgan fingerprint density at radius 3 is 2.32 bits per heavy atom. The Morgan fingerprint density at radius 1 is 1.05 bits per heavy atom. The van der Waals surface area contributed by atoms with Crippen molar-refractivity contribution in [1.29, 1.82) is 0 Å². The molecule has 0 bridgehead atoms. The van der Waals surface area contributed by atoms with Crippen LogP contribution < -0.4 is 5.73 Å². The van der Waals surface area contributed by atoms with Gasteiger partial charge >= 0.3 is 0 Å². The molecule has 0 unspecified atom stereocenters. The van der Waals surface area contributed by atoms with Gasteiger partial charge in [0.05, 0.1) is 16.3 Å². The summed E-state index contributed by atoms with van der Waals surface area (Å²) >= 11 is 0. The zero-order chi connectivity index (χ0) is 14.3. The molecule has 0 aromatic heterocycles. The van der Waals surface area contributed by atoms with Crippen LogP contribution in [0.5, 0.6) is 0 Å². The van der Waals surface area contributed by atoms with Crippen LogP contribution in [0.2, 0.25) is 0 Å². The quantitative estimate of drug-likeness (QED) is 0.584. The average Bonchev–Trinajstić information content (AvgIpc) is 2.33. The molecule has 0 amide bonds. The molecule has 1 aromatic rings. The molecule has 3 nitrogen and oxygen atoms in total. The molecule has 4 heteroatoms. The zero-order valence-electron chi connectivity index (χ0n) is 12.0. The number of rotatable bonds is 8. The number of anilines is 1. The third-order valence-electron chi connectivity index (χ3n) is 3.27. The maximum atomic E-state index is 12.2. The summed E-state index contributed by atoms with van der Waals surface area (Å²) in [7, 11) is -3.23. The fourth-order valence-corrected chi connectivity index (χ4v) is 3.63. The van der Waals surface area contributed by atoms with Gasteiger partial charge in [-0.2, -0.15) is 0 Å². The molecule has 108 valence electrons. The smallest absolute Gasteiger partial charge is 0.180 e. The molecule has 0 saturated carbocycles. The van der Waals surface area contributed by atoms with E-state index < -0.39 is 9.84 Å². The molecule has 1 aromatic carbocycles. The lowest BCUT2D eigenvalue weighted by atomic mass is 10.1. The Kier molecular flexibility index (Phi) is 6.35. The maximum absolute atomic E-state index is 12.2. The number of nitrogen functional groups attached to an aromatic ring is 1. The van der Waals surface area contributed by atoms with Crippen molar-refractivity contribution in [3.63, 3.8) is 0 Å². The van der Waals surface area contributed by atoms with E-state index in [1.54, 1.807) is 18.2 Å². The highest BCUT2D eigenvalue weighted by Crippen LogP contribution is 2.22. The van der Waals surface area contributed by atoms with Gasteiger partial charge in [0.25, 0.3) is 0 Å². The largest absolute Gasteiger partial charge is 0.398 e. The second kappa shape index (κ2) is 7.53. The van der Waals surface area contributed by atoms with Crippen molar-refractivity contribution in [2.45, 2.75) is 57.3 Å². The Morgan fingerprint density at radius 2 is 1.68 bits per heavy atom. The number of benzene rings is 1. The van der Waals surface area contributed by atoms with Gasteiger partial charge in [-0.25, -0.2) is 8.42 Å². The average molecular weight is 283 g/mol. The van der Waals surface area contributed by atoms with E-state index in [9.17, 15) is 8.42 Å². The van der Waals surface area contributed by atoms with Crippen molar-refractivity contribution < 1.29 is 8.42 Å². The topological polar surface area (TPSA) is 60.2 Å². The van der Waals surface area contributed by atoms with E-state index in [1.165, 1.54) is 19.3 Å². The molecule has 0 atom stereocenters. The maximum Gasteiger partial charge on any atom is 0.180 e. The van der Waals surface area contributed by atoms with Crippen LogP contribution in [0.15, 0.2) is 23.1 Å². The van der Waals surface area contributed by atoms with Gasteiger partial charge in [0.2, 0.25) is 0 Å². The van der Waals surface area contributed by atoms with Crippen LogP contribution in [-0.4, -0.2) is 14.2 Å². The first-order valence-electron chi connectivity index (χ1n) is 7.06. The predicted octanol–water partition coefficient (Wildman–Crippen LogP) is 3.71. The number of hydrogen-bond acceptors (Lipinski definition) is 3. The molecular weight excluding hydrogens is 258 g/mol. The van der Waals surface area contributed by atoms with Gasteiger partial charge in [-0.3, -0.25) is 0 Å². The van der Waals surface area contributed by atoms with Gasteiger partial charge in [-0.15, -0.1) is 0 Å². The third-order valence-corrected chi connectivity index (χ3v) is 5.14. The zero-order valence-corrected chi connectivity index (χ0v) is 12.8. The number of nitrogens with two attached hydrogens (primary N) is 1. The Hall–Kier alpha value is -1.03. The van der Waals surface area contributed by atoms with Gasteiger partial charge in [0.1, 0.15) is 0 Å². The first-order valence-corrected chi connectivity index (χ1v) is 8.71. The normalized spacial score (nSPS) is 11.7. The summed E-state index contributed by atoms with van der Waals surface area (Å²) in [5.41, 5.74) is 7.15. The van der Waals surface area contributed by atoms with E-state index in [-0.39, 0.29) is 10.6 Å². The summed E-state index contributed by atoms with van der Waals surface area (Å²) in [6.45, 7) is 4.07. The molecule has 0 radical (unpaired) electrons. The molecular formula is C15H25NO2S. The Balaban J connectivity index is 2.52. The highest BCUT2D eigenvalue weighted by molar-refractivity contribution is 7.91. The van der Waals surface area contributed by atoms with Crippen LogP contribution in [0.1, 0.15) is 51.0 Å². The van der Waals surface area contributed by atoms with Crippen molar-refractivity contribution in [2.24, 2.45) is 0 Å². The van der Waals surface area contributed by atoms with Crippen molar-refractivity contribution >= 4 is 15.5 Å². The number of unbranched alkanes of at least 4 members (excludes halogenated alkanes) is 5. The van der Waals surface area contributed by atoms with Gasteiger partial charge < -0.3 is 5.73 Å². The monoisotopic (exact) mass is 283 g/mol. The summed E-state index contributed by atoms with van der Waals surface area (Å²) in [5, 5.41) is 0. The Bertz CT molecular complexity index is 495. The minimum atomic E-state index is -3.23. The first-order chi connectivity index (χ1) is 8.97. The van der Waals surface area contributed by atoms with Crippen molar-refractivity contribution in [3.8, 4) is 0 Å². The minimum absolute atomic E-state index is 0.201. The fourth-order valence-electron chi connectivity index (χ4n) is 2.13. The molecule has 0 spiro atoms. The van der Waals surface area contributed by atoms with E-state index in [2.05, 4.69) is 6.92 Å². The highest BCUT2D eigenvalue weighted by Gasteiger charge is 2.16. The molecule has 0 aliphatic rings. The van der Waals surface area contributed by atoms with E-state index in [0.717, 1.165) is 24.8 Å². The fraction of sp³-hybridized carbons (Fsp3) is 0.600. The molecule has 0 aliphatic carbocycles. The van der Waals surface area contributed by atoms with E-state index in [4.69, 9.17) is 5.73 Å². The standard InChI is InChI=1S/C15H25NO2S/c1-3-4-5-6-7-8-11-19(17,18)15-10-9-13(2)12-14(15)16/h9-10,12H,3-8,11,16H2,1-2H3. The third kappa shape index (κ3) is 5.23. The number of sulfone groups is 1. The van der Waals surface area contributed by atoms with Gasteiger partial charge in [0.15, 0.2) is 9.84 Å². The van der Waals surface area contributed by atoms with Gasteiger partial charge in [-0.05, 0) is 31.0 Å². The van der Waals surface area contributed by atoms with Crippen LogP contribution in [0, 0.1) is 6.92 Å². The SMILES string of the molecule is CCCCCCCCS(=O)(=O)c1ccc(C)cc1N. The van der Waals surface area contributed by atoms with Gasteiger partial charge in [0, 0.05) is 0 Å². The van der Waals surface area contributed by atoms with Crippen molar-refractivity contribution in [2.75, 3.05) is 11.5 Å². The first kappa shape index (κ1) is 16.0. The van der Waals surface area contributed by atoms with E-state index in [1.807, 2.05) is 6.92 Å². The van der Waals surface area contributed by atoms with E-state index in [0.29, 0.717) is 5.69 Å². The second-order valence-electron chi connectivity index (χ2n) is 5.13. The lowest BCUT2D eigenvalue weighted by Crippen LogP contribution is -2.09. The van der Waals surface area contributed by atoms with Crippen molar-refractivity contribution in [3.05, 3.63) is 23.8 Å². The predicted molar refractivity (Wildman–Crippen MR) is 81.0 cm³/mol. The summed E-state index contributed by atoms with van der Waals surface area (Å²) in [5.74, 6) is 0.201. The van der Waals surface area contributed by atoms with Crippen LogP contribution in [0.3, 0.4) is 0 Å².